The van der Waals surface area contributed by atoms with Crippen LogP contribution in [0.1, 0.15) is 31.9 Å². The molecule has 0 aliphatic rings. The average Bonchev–Trinajstić information content (AvgIpc) is 2.31. The maximum Gasteiger partial charge on any atom is 0.0602 e. The molecule has 2 atom stereocenters. The maximum atomic E-state index is 9.66. The fourth-order valence-corrected chi connectivity index (χ4v) is 2.28. The Kier molecular flexibility index (Phi) is 5.53. The second kappa shape index (κ2) is 6.51. The number of nitrogens with zero attached hydrogens (tertiary/aromatic N) is 1. The molecule has 0 aliphatic carbocycles. The first-order valence-electron chi connectivity index (χ1n) is 6.88. The smallest absolute Gasteiger partial charge is 0.0602 e. The molecule has 0 saturated carbocycles. The van der Waals surface area contributed by atoms with Gasteiger partial charge in [0, 0.05) is 18.6 Å². The van der Waals surface area contributed by atoms with Gasteiger partial charge in [0.15, 0.2) is 0 Å². The molecule has 108 valence electrons. The second-order valence-electron chi connectivity index (χ2n) is 6.48. The van der Waals surface area contributed by atoms with Gasteiger partial charge in [0.2, 0.25) is 0 Å². The molecule has 0 heterocycles. The van der Waals surface area contributed by atoms with Crippen LogP contribution in [-0.2, 0) is 6.54 Å². The van der Waals surface area contributed by atoms with Crippen molar-refractivity contribution < 1.29 is 5.11 Å². The molecule has 0 spiro atoms. The monoisotopic (exact) mass is 264 g/mol. The van der Waals surface area contributed by atoms with Crippen LogP contribution >= 0.6 is 0 Å². The third kappa shape index (κ3) is 4.30. The van der Waals surface area contributed by atoms with Crippen molar-refractivity contribution in [2.45, 2.75) is 46.3 Å². The molecule has 0 aromatic heterocycles. The summed E-state index contributed by atoms with van der Waals surface area (Å²) >= 11 is 0. The molecule has 2 unspecified atom stereocenters. The minimum Gasteiger partial charge on any atom is -0.395 e. The predicted octanol–water partition coefficient (Wildman–Crippen LogP) is 2.16. The first-order valence-corrected chi connectivity index (χ1v) is 6.88. The first kappa shape index (κ1) is 16.2. The van der Waals surface area contributed by atoms with E-state index in [1.165, 1.54) is 11.1 Å². The molecule has 0 bridgehead atoms. The van der Waals surface area contributed by atoms with Gasteiger partial charge in [-0.3, -0.25) is 4.90 Å². The topological polar surface area (TPSA) is 49.5 Å². The van der Waals surface area contributed by atoms with E-state index in [1.54, 1.807) is 0 Å². The SMILES string of the molecule is Cc1ccccc1CN(C)C(CO)C(N)C(C)(C)C. The number of hydrogen-bond acceptors (Lipinski definition) is 3. The van der Waals surface area contributed by atoms with Crippen LogP contribution in [0.5, 0.6) is 0 Å². The Hall–Kier alpha value is -0.900. The summed E-state index contributed by atoms with van der Waals surface area (Å²) in [6.07, 6.45) is 0. The van der Waals surface area contributed by atoms with Crippen molar-refractivity contribution in [1.82, 2.24) is 4.90 Å². The van der Waals surface area contributed by atoms with Crippen molar-refractivity contribution in [2.75, 3.05) is 13.7 Å². The molecule has 3 heteroatoms. The van der Waals surface area contributed by atoms with Crippen LogP contribution in [0.25, 0.3) is 0 Å². The number of benzene rings is 1. The van der Waals surface area contributed by atoms with Gasteiger partial charge < -0.3 is 10.8 Å². The fraction of sp³-hybridized carbons (Fsp3) is 0.625. The van der Waals surface area contributed by atoms with Crippen molar-refractivity contribution in [3.8, 4) is 0 Å². The highest BCUT2D eigenvalue weighted by molar-refractivity contribution is 5.25. The van der Waals surface area contributed by atoms with Crippen molar-refractivity contribution in [3.05, 3.63) is 35.4 Å². The summed E-state index contributed by atoms with van der Waals surface area (Å²) in [5.74, 6) is 0. The van der Waals surface area contributed by atoms with Crippen molar-refractivity contribution in [1.29, 1.82) is 0 Å². The molecule has 1 aromatic carbocycles. The Bertz CT molecular complexity index is 398. The van der Waals surface area contributed by atoms with E-state index in [0.717, 1.165) is 6.54 Å². The number of aliphatic hydroxyl groups is 1. The summed E-state index contributed by atoms with van der Waals surface area (Å²) in [6.45, 7) is 9.34. The van der Waals surface area contributed by atoms with Gasteiger partial charge in [-0.15, -0.1) is 0 Å². The lowest BCUT2D eigenvalue weighted by molar-refractivity contribution is 0.0842. The van der Waals surface area contributed by atoms with E-state index in [-0.39, 0.29) is 24.1 Å². The molecule has 19 heavy (non-hydrogen) atoms. The van der Waals surface area contributed by atoms with Crippen LogP contribution in [0, 0.1) is 12.3 Å². The predicted molar refractivity (Wildman–Crippen MR) is 81.0 cm³/mol. The molecule has 0 fully saturated rings. The highest BCUT2D eigenvalue weighted by Crippen LogP contribution is 2.23. The molecule has 1 aromatic rings. The van der Waals surface area contributed by atoms with E-state index in [0.29, 0.717) is 0 Å². The normalized spacial score (nSPS) is 15.6. The van der Waals surface area contributed by atoms with E-state index < -0.39 is 0 Å². The van der Waals surface area contributed by atoms with Gasteiger partial charge in [-0.25, -0.2) is 0 Å². The van der Waals surface area contributed by atoms with Crippen molar-refractivity contribution in [3.63, 3.8) is 0 Å². The fourth-order valence-electron chi connectivity index (χ4n) is 2.28. The number of aryl methyl sites for hydroxylation is 1. The first-order chi connectivity index (χ1) is 8.77. The highest BCUT2D eigenvalue weighted by atomic mass is 16.3. The third-order valence-electron chi connectivity index (χ3n) is 3.85. The summed E-state index contributed by atoms with van der Waals surface area (Å²) in [4.78, 5) is 2.15. The summed E-state index contributed by atoms with van der Waals surface area (Å²) in [5, 5.41) is 9.66. The quantitative estimate of drug-likeness (QED) is 0.857. The van der Waals surface area contributed by atoms with E-state index in [1.807, 2.05) is 19.2 Å². The zero-order chi connectivity index (χ0) is 14.6. The zero-order valence-electron chi connectivity index (χ0n) is 12.9. The highest BCUT2D eigenvalue weighted by Gasteiger charge is 2.31. The molecule has 0 aliphatic heterocycles. The lowest BCUT2D eigenvalue weighted by Crippen LogP contribution is -2.54. The minimum atomic E-state index is -0.0634. The average molecular weight is 264 g/mol. The van der Waals surface area contributed by atoms with E-state index >= 15 is 0 Å². The number of nitrogens with two attached hydrogens (primary N) is 1. The molecule has 1 rings (SSSR count). The molecule has 0 amide bonds. The molecule has 0 saturated heterocycles. The third-order valence-corrected chi connectivity index (χ3v) is 3.85. The van der Waals surface area contributed by atoms with Crippen LogP contribution in [0.15, 0.2) is 24.3 Å². The maximum absolute atomic E-state index is 9.66. The molecular weight excluding hydrogens is 236 g/mol. The number of likely N-dealkylation sites (N-methyl/N-ethyl adjacent to an activating group) is 1. The van der Waals surface area contributed by atoms with Gasteiger partial charge in [-0.1, -0.05) is 45.0 Å². The summed E-state index contributed by atoms with van der Waals surface area (Å²) in [7, 11) is 2.03. The van der Waals surface area contributed by atoms with Gasteiger partial charge in [0.1, 0.15) is 0 Å². The lowest BCUT2D eigenvalue weighted by Gasteiger charge is -2.38. The van der Waals surface area contributed by atoms with E-state index in [2.05, 4.69) is 44.7 Å². The van der Waals surface area contributed by atoms with Gasteiger partial charge in [-0.05, 0) is 30.5 Å². The van der Waals surface area contributed by atoms with Gasteiger partial charge in [-0.2, -0.15) is 0 Å². The minimum absolute atomic E-state index is 0.0204. The van der Waals surface area contributed by atoms with Crippen LogP contribution < -0.4 is 5.73 Å². The van der Waals surface area contributed by atoms with Crippen LogP contribution in [-0.4, -0.2) is 35.7 Å². The van der Waals surface area contributed by atoms with Gasteiger partial charge in [0.25, 0.3) is 0 Å². The van der Waals surface area contributed by atoms with Crippen LogP contribution in [0.4, 0.5) is 0 Å². The van der Waals surface area contributed by atoms with Crippen molar-refractivity contribution in [2.24, 2.45) is 11.1 Å². The van der Waals surface area contributed by atoms with Crippen LogP contribution in [0.3, 0.4) is 0 Å². The summed E-state index contributed by atoms with van der Waals surface area (Å²) < 4.78 is 0. The Morgan fingerprint density at radius 3 is 2.32 bits per heavy atom. The number of aliphatic hydroxyl groups excluding tert-OH is 1. The summed E-state index contributed by atoms with van der Waals surface area (Å²) in [5.41, 5.74) is 8.83. The van der Waals surface area contributed by atoms with E-state index in [4.69, 9.17) is 5.73 Å². The largest absolute Gasteiger partial charge is 0.395 e. The second-order valence-corrected chi connectivity index (χ2v) is 6.48. The Balaban J connectivity index is 2.80. The standard InChI is InChI=1S/C16H28N2O/c1-12-8-6-7-9-13(12)10-18(5)14(11-19)15(17)16(2,3)4/h6-9,14-15,19H,10-11,17H2,1-5H3. The number of rotatable bonds is 5. The van der Waals surface area contributed by atoms with Gasteiger partial charge in [0.05, 0.1) is 6.61 Å². The molecule has 3 nitrogen and oxygen atoms in total. The number of hydrogen-bond donors (Lipinski definition) is 2. The van der Waals surface area contributed by atoms with Crippen LogP contribution in [0.2, 0.25) is 0 Å². The Morgan fingerprint density at radius 1 is 1.26 bits per heavy atom. The Morgan fingerprint density at radius 2 is 1.84 bits per heavy atom. The summed E-state index contributed by atoms with van der Waals surface area (Å²) in [6, 6.07) is 8.24. The Labute approximate surface area is 117 Å². The zero-order valence-corrected chi connectivity index (χ0v) is 12.9. The van der Waals surface area contributed by atoms with Gasteiger partial charge >= 0.3 is 0 Å². The molecule has 3 N–H and O–H groups in total. The molecule has 0 radical (unpaired) electrons. The lowest BCUT2D eigenvalue weighted by atomic mass is 9.82. The molecular formula is C16H28N2O. The van der Waals surface area contributed by atoms with E-state index in [9.17, 15) is 5.11 Å². The van der Waals surface area contributed by atoms with Crippen molar-refractivity contribution >= 4 is 0 Å².